The fraction of sp³-hybridized carbons (Fsp3) is 0.0323. The van der Waals surface area contributed by atoms with Crippen molar-refractivity contribution in [1.29, 1.82) is 0 Å². The molecule has 318 valence electrons. The molecule has 4 aromatic heterocycles. The molecular formula is C62H44N4O. The van der Waals surface area contributed by atoms with E-state index in [1.165, 1.54) is 43.7 Å². The van der Waals surface area contributed by atoms with Crippen LogP contribution in [0.4, 0.5) is 0 Å². The minimum Gasteiger partial charge on any atom is -0.489 e. The molecule has 12 aromatic rings. The second-order valence-electron chi connectivity index (χ2n) is 17.4. The zero-order valence-electron chi connectivity index (χ0n) is 37.0. The standard InChI is InChI=1S/C62H44N4O/c1-4-5-25-54-41(3)50-38-49-40(2)35-51-46-22-12-17-28-57(46)66(45-30-32-59-53(37-45)48-24-14-16-27-56(48)64(59)43-20-10-7-11-21-43)60(51)33-34-67-62(49)39-61(50)65(54)44-29-31-58-52(36-44)47-23-13-15-26-55(47)63(58)42-18-8-6-9-19-42/h4-33,35-39H,1-2,34H2,3H3/b25-5-,51-35-,60-33+. The smallest absolute Gasteiger partial charge is 0.129 e. The van der Waals surface area contributed by atoms with Gasteiger partial charge in [0.05, 0.1) is 38.4 Å². The molecule has 0 atom stereocenters. The zero-order chi connectivity index (χ0) is 44.8. The van der Waals surface area contributed by atoms with E-state index in [2.05, 4.69) is 232 Å². The average Bonchev–Trinajstić information content (AvgIpc) is 4.08. The average molecular weight is 861 g/mol. The highest BCUT2D eigenvalue weighted by Crippen LogP contribution is 2.40. The van der Waals surface area contributed by atoms with Gasteiger partial charge in [0, 0.05) is 77.6 Å². The number of aryl methyl sites for hydroxylation is 1. The molecule has 0 saturated carbocycles. The van der Waals surface area contributed by atoms with Gasteiger partial charge in [-0.15, -0.1) is 0 Å². The van der Waals surface area contributed by atoms with Gasteiger partial charge in [-0.05, 0) is 121 Å². The molecule has 5 nitrogen and oxygen atoms in total. The number of rotatable bonds is 6. The summed E-state index contributed by atoms with van der Waals surface area (Å²) in [4.78, 5) is 0. The first kappa shape index (κ1) is 38.6. The van der Waals surface area contributed by atoms with E-state index in [4.69, 9.17) is 11.3 Å². The van der Waals surface area contributed by atoms with E-state index in [0.717, 1.165) is 83.2 Å². The van der Waals surface area contributed by atoms with E-state index in [9.17, 15) is 0 Å². The lowest BCUT2D eigenvalue weighted by molar-refractivity contribution is 0.373. The first-order valence-electron chi connectivity index (χ1n) is 22.9. The summed E-state index contributed by atoms with van der Waals surface area (Å²) in [5.74, 6) is 0.793. The lowest BCUT2D eigenvalue weighted by Gasteiger charge is -2.14. The molecule has 1 aliphatic heterocycles. The van der Waals surface area contributed by atoms with Crippen LogP contribution in [-0.2, 0) is 0 Å². The zero-order valence-corrected chi connectivity index (χ0v) is 37.0. The van der Waals surface area contributed by atoms with Gasteiger partial charge < -0.3 is 23.0 Å². The molecule has 0 amide bonds. The SMILES string of the molecule is C=C/C=C\c1c(C)c2cc3c(cc2n1-c1ccc2c(c1)c1ccccc1n2-c1ccccc1)OC/C=c1\c(c2ccccc2n1-c1ccc2c(c1)c1ccccc1n2-c1ccccc1)=C/C3=C. The Labute approximate surface area is 387 Å². The molecule has 67 heavy (non-hydrogen) atoms. The summed E-state index contributed by atoms with van der Waals surface area (Å²) in [6.07, 6.45) is 10.5. The summed E-state index contributed by atoms with van der Waals surface area (Å²) < 4.78 is 16.4. The lowest BCUT2D eigenvalue weighted by atomic mass is 10.0. The van der Waals surface area contributed by atoms with Gasteiger partial charge in [0.2, 0.25) is 0 Å². The summed E-state index contributed by atoms with van der Waals surface area (Å²) >= 11 is 0. The second-order valence-corrected chi connectivity index (χ2v) is 17.4. The summed E-state index contributed by atoms with van der Waals surface area (Å²) in [7, 11) is 0. The van der Waals surface area contributed by atoms with E-state index >= 15 is 0 Å². The normalized spacial score (nSPS) is 13.9. The molecule has 0 bridgehead atoms. The van der Waals surface area contributed by atoms with Crippen molar-refractivity contribution in [3.63, 3.8) is 0 Å². The summed E-state index contributed by atoms with van der Waals surface area (Å²) in [5, 5.41) is 9.32. The molecule has 0 aliphatic carbocycles. The predicted molar refractivity (Wildman–Crippen MR) is 282 cm³/mol. The first-order chi connectivity index (χ1) is 33.1. The van der Waals surface area contributed by atoms with E-state index in [-0.39, 0.29) is 0 Å². The minimum atomic E-state index is 0.367. The van der Waals surface area contributed by atoms with E-state index in [1.54, 1.807) is 0 Å². The van der Waals surface area contributed by atoms with Crippen LogP contribution in [0, 0.1) is 6.92 Å². The van der Waals surface area contributed by atoms with Gasteiger partial charge in [-0.25, -0.2) is 0 Å². The third kappa shape index (κ3) is 5.88. The van der Waals surface area contributed by atoms with Gasteiger partial charge in [-0.1, -0.05) is 116 Å². The maximum absolute atomic E-state index is 6.91. The molecule has 0 N–H and O–H groups in total. The summed E-state index contributed by atoms with van der Waals surface area (Å²) in [5.41, 5.74) is 15.5. The van der Waals surface area contributed by atoms with Crippen LogP contribution in [0.2, 0.25) is 0 Å². The Morgan fingerprint density at radius 3 is 1.60 bits per heavy atom. The number of hydrogen-bond donors (Lipinski definition) is 0. The van der Waals surface area contributed by atoms with Crippen molar-refractivity contribution in [2.45, 2.75) is 6.92 Å². The number of allylic oxidation sites excluding steroid dienone is 3. The van der Waals surface area contributed by atoms with Crippen molar-refractivity contribution < 1.29 is 4.74 Å². The summed E-state index contributed by atoms with van der Waals surface area (Å²) in [6, 6.07) is 65.5. The molecule has 5 heterocycles. The predicted octanol–water partition coefficient (Wildman–Crippen LogP) is 13.9. The first-order valence-corrected chi connectivity index (χ1v) is 22.9. The molecule has 0 saturated heterocycles. The van der Waals surface area contributed by atoms with Crippen LogP contribution < -0.4 is 15.3 Å². The molecular weight excluding hydrogens is 817 g/mol. The number of hydrogen-bond acceptors (Lipinski definition) is 1. The van der Waals surface area contributed by atoms with Crippen LogP contribution in [0.3, 0.4) is 0 Å². The third-order valence-corrected chi connectivity index (χ3v) is 13.7. The highest BCUT2D eigenvalue weighted by Gasteiger charge is 2.22. The molecule has 1 aliphatic rings. The van der Waals surface area contributed by atoms with Crippen LogP contribution in [0.1, 0.15) is 16.8 Å². The lowest BCUT2D eigenvalue weighted by Crippen LogP contribution is -2.29. The maximum atomic E-state index is 6.91. The van der Waals surface area contributed by atoms with Gasteiger partial charge in [0.15, 0.2) is 0 Å². The molecule has 0 fully saturated rings. The Hall–Kier alpha value is -8.80. The highest BCUT2D eigenvalue weighted by atomic mass is 16.5. The van der Waals surface area contributed by atoms with Gasteiger partial charge in [0.25, 0.3) is 0 Å². The molecule has 13 rings (SSSR count). The molecule has 5 heteroatoms. The molecule has 0 radical (unpaired) electrons. The Morgan fingerprint density at radius 2 is 1.00 bits per heavy atom. The van der Waals surface area contributed by atoms with Crippen molar-refractivity contribution in [1.82, 2.24) is 18.3 Å². The van der Waals surface area contributed by atoms with Crippen LogP contribution in [-0.4, -0.2) is 24.9 Å². The maximum Gasteiger partial charge on any atom is 0.129 e. The van der Waals surface area contributed by atoms with Crippen LogP contribution in [0.15, 0.2) is 207 Å². The van der Waals surface area contributed by atoms with Crippen molar-refractivity contribution in [3.05, 3.63) is 235 Å². The number of fused-ring (bicyclic) bond motifs is 11. The van der Waals surface area contributed by atoms with Gasteiger partial charge in [-0.3, -0.25) is 0 Å². The van der Waals surface area contributed by atoms with Crippen molar-refractivity contribution in [3.8, 4) is 28.5 Å². The minimum absolute atomic E-state index is 0.367. The topological polar surface area (TPSA) is 28.9 Å². The second kappa shape index (κ2) is 15.2. The number of ether oxygens (including phenoxy) is 1. The van der Waals surface area contributed by atoms with Crippen LogP contribution in [0.5, 0.6) is 5.75 Å². The van der Waals surface area contributed by atoms with Crippen LogP contribution >= 0.6 is 0 Å². The quantitative estimate of drug-likeness (QED) is 0.153. The van der Waals surface area contributed by atoms with E-state index in [1.807, 2.05) is 12.2 Å². The number of para-hydroxylation sites is 5. The Bertz CT molecular complexity index is 4190. The monoisotopic (exact) mass is 860 g/mol. The number of aromatic nitrogens is 4. The third-order valence-electron chi connectivity index (χ3n) is 13.7. The molecule has 0 spiro atoms. The fourth-order valence-electron chi connectivity index (χ4n) is 10.8. The van der Waals surface area contributed by atoms with E-state index in [0.29, 0.717) is 6.61 Å². The van der Waals surface area contributed by atoms with Gasteiger partial charge >= 0.3 is 0 Å². The van der Waals surface area contributed by atoms with E-state index < -0.39 is 0 Å². The molecule has 8 aromatic carbocycles. The molecule has 0 unspecified atom stereocenters. The Kier molecular flexibility index (Phi) is 8.74. The summed E-state index contributed by atoms with van der Waals surface area (Å²) in [6.45, 7) is 11.4. The fourth-order valence-corrected chi connectivity index (χ4v) is 10.8. The van der Waals surface area contributed by atoms with Crippen LogP contribution in [0.25, 0.3) is 112 Å². The Balaban J connectivity index is 0.986. The Morgan fingerprint density at radius 1 is 0.478 bits per heavy atom. The number of benzene rings is 8. The van der Waals surface area contributed by atoms with Gasteiger partial charge in [-0.2, -0.15) is 0 Å². The van der Waals surface area contributed by atoms with Gasteiger partial charge in [0.1, 0.15) is 12.4 Å². The number of nitrogens with zero attached hydrogens (tertiary/aromatic N) is 4. The van der Waals surface area contributed by atoms with Crippen molar-refractivity contribution >= 4 is 89.2 Å². The van der Waals surface area contributed by atoms with Crippen molar-refractivity contribution in [2.24, 2.45) is 0 Å². The highest BCUT2D eigenvalue weighted by molar-refractivity contribution is 6.11. The van der Waals surface area contributed by atoms with Crippen molar-refractivity contribution in [2.75, 3.05) is 6.61 Å². The largest absolute Gasteiger partial charge is 0.489 e.